The highest BCUT2D eigenvalue weighted by atomic mass is 19.4. The molecule has 1 fully saturated rings. The van der Waals surface area contributed by atoms with Crippen LogP contribution in [0.15, 0.2) is 48.7 Å². The van der Waals surface area contributed by atoms with Gasteiger partial charge in [0.15, 0.2) is 0 Å². The Morgan fingerprint density at radius 2 is 1.88 bits per heavy atom. The molecular formula is C24H23F3N4O2. The predicted octanol–water partition coefficient (Wildman–Crippen LogP) is 5.47. The van der Waals surface area contributed by atoms with E-state index in [-0.39, 0.29) is 11.7 Å². The van der Waals surface area contributed by atoms with Crippen LogP contribution < -0.4 is 10.2 Å². The van der Waals surface area contributed by atoms with E-state index in [1.54, 1.807) is 34.2 Å². The molecule has 1 aromatic heterocycles. The summed E-state index contributed by atoms with van der Waals surface area (Å²) in [4.78, 5) is 33.6. The van der Waals surface area contributed by atoms with Gasteiger partial charge in [0.2, 0.25) is 0 Å². The van der Waals surface area contributed by atoms with E-state index in [1.165, 1.54) is 12.1 Å². The van der Waals surface area contributed by atoms with Crippen molar-refractivity contribution in [3.8, 4) is 0 Å². The van der Waals surface area contributed by atoms with Crippen molar-refractivity contribution in [3.05, 3.63) is 65.4 Å². The Morgan fingerprint density at radius 3 is 2.61 bits per heavy atom. The Hall–Kier alpha value is -3.62. The molecule has 1 saturated heterocycles. The summed E-state index contributed by atoms with van der Waals surface area (Å²) in [6.07, 6.45) is -2.20. The molecule has 0 aliphatic carbocycles. The lowest BCUT2D eigenvalue weighted by atomic mass is 10.1. The molecule has 0 radical (unpaired) electrons. The normalized spacial score (nSPS) is 14.3. The van der Waals surface area contributed by atoms with Crippen molar-refractivity contribution in [1.82, 2.24) is 9.88 Å². The second kappa shape index (κ2) is 8.73. The molecule has 0 unspecified atom stereocenters. The van der Waals surface area contributed by atoms with E-state index in [4.69, 9.17) is 0 Å². The zero-order valence-corrected chi connectivity index (χ0v) is 18.2. The summed E-state index contributed by atoms with van der Waals surface area (Å²) in [5, 5.41) is 3.22. The average molecular weight is 456 g/mol. The van der Waals surface area contributed by atoms with Crippen molar-refractivity contribution in [1.29, 1.82) is 0 Å². The fraction of sp³-hybridized carbons (Fsp3) is 0.292. The maximum absolute atomic E-state index is 13.4. The van der Waals surface area contributed by atoms with E-state index in [2.05, 4.69) is 10.3 Å². The third-order valence-corrected chi connectivity index (χ3v) is 5.64. The van der Waals surface area contributed by atoms with Gasteiger partial charge in [-0.2, -0.15) is 13.2 Å². The maximum Gasteiger partial charge on any atom is 0.417 e. The van der Waals surface area contributed by atoms with Crippen LogP contribution in [0.1, 0.15) is 34.8 Å². The van der Waals surface area contributed by atoms with Crippen molar-refractivity contribution in [2.45, 2.75) is 26.4 Å². The molecule has 0 saturated carbocycles. The number of pyridine rings is 1. The first kappa shape index (κ1) is 22.6. The molecule has 9 heteroatoms. The van der Waals surface area contributed by atoms with E-state index >= 15 is 0 Å². The van der Waals surface area contributed by atoms with E-state index in [0.29, 0.717) is 36.2 Å². The third-order valence-electron chi connectivity index (χ3n) is 5.64. The van der Waals surface area contributed by atoms with Gasteiger partial charge in [0.1, 0.15) is 0 Å². The number of anilines is 2. The van der Waals surface area contributed by atoms with Gasteiger partial charge in [-0.1, -0.05) is 31.2 Å². The SMILES string of the molecule is CCCN1CCN(c2c(C)cnc3c(NC(=O)c4ccccc4C(F)(F)F)cccc23)C1=O. The fourth-order valence-electron chi connectivity index (χ4n) is 4.15. The second-order valence-corrected chi connectivity index (χ2v) is 7.91. The minimum Gasteiger partial charge on any atom is -0.323 e. The number of benzene rings is 2. The van der Waals surface area contributed by atoms with Gasteiger partial charge in [0.25, 0.3) is 5.91 Å². The minimum absolute atomic E-state index is 0.0963. The molecule has 1 aliphatic rings. The predicted molar refractivity (Wildman–Crippen MR) is 120 cm³/mol. The van der Waals surface area contributed by atoms with Gasteiger partial charge in [-0.05, 0) is 37.1 Å². The zero-order valence-electron chi connectivity index (χ0n) is 18.2. The van der Waals surface area contributed by atoms with Gasteiger partial charge < -0.3 is 10.2 Å². The Kier molecular flexibility index (Phi) is 5.97. The number of carbonyl (C=O) groups is 2. The summed E-state index contributed by atoms with van der Waals surface area (Å²) in [6, 6.07) is 9.59. The fourth-order valence-corrected chi connectivity index (χ4v) is 4.15. The molecule has 2 heterocycles. The van der Waals surface area contributed by atoms with Gasteiger partial charge in [-0.3, -0.25) is 14.7 Å². The largest absolute Gasteiger partial charge is 0.417 e. The summed E-state index contributed by atoms with van der Waals surface area (Å²) < 4.78 is 40.1. The molecule has 1 aliphatic heterocycles. The van der Waals surface area contributed by atoms with Crippen LogP contribution in [-0.4, -0.2) is 41.5 Å². The molecule has 0 spiro atoms. The lowest BCUT2D eigenvalue weighted by Gasteiger charge is -2.22. The number of amides is 3. The Bertz CT molecular complexity index is 1230. The zero-order chi connectivity index (χ0) is 23.8. The number of hydrogen-bond acceptors (Lipinski definition) is 3. The number of carbonyl (C=O) groups excluding carboxylic acids is 2. The number of hydrogen-bond donors (Lipinski definition) is 1. The van der Waals surface area contributed by atoms with Crippen LogP contribution in [0.4, 0.5) is 29.3 Å². The number of para-hydroxylation sites is 1. The number of nitrogens with one attached hydrogen (secondary N) is 1. The lowest BCUT2D eigenvalue weighted by Crippen LogP contribution is -2.32. The molecule has 4 rings (SSSR count). The highest BCUT2D eigenvalue weighted by Gasteiger charge is 2.35. The van der Waals surface area contributed by atoms with Crippen molar-refractivity contribution in [3.63, 3.8) is 0 Å². The van der Waals surface area contributed by atoms with Crippen LogP contribution in [0, 0.1) is 6.92 Å². The van der Waals surface area contributed by atoms with E-state index in [1.807, 2.05) is 13.8 Å². The lowest BCUT2D eigenvalue weighted by molar-refractivity contribution is -0.137. The van der Waals surface area contributed by atoms with Crippen LogP contribution in [0.3, 0.4) is 0 Å². The summed E-state index contributed by atoms with van der Waals surface area (Å²) in [6.45, 7) is 5.66. The van der Waals surface area contributed by atoms with E-state index in [9.17, 15) is 22.8 Å². The number of alkyl halides is 3. The Labute approximate surface area is 189 Å². The molecular weight excluding hydrogens is 433 g/mol. The highest BCUT2D eigenvalue weighted by Crippen LogP contribution is 2.36. The van der Waals surface area contributed by atoms with Crippen LogP contribution in [0.25, 0.3) is 10.9 Å². The van der Waals surface area contributed by atoms with Crippen LogP contribution in [-0.2, 0) is 6.18 Å². The summed E-state index contributed by atoms with van der Waals surface area (Å²) in [7, 11) is 0. The van der Waals surface area contributed by atoms with Gasteiger partial charge in [0, 0.05) is 31.2 Å². The van der Waals surface area contributed by atoms with Crippen LogP contribution in [0.2, 0.25) is 0 Å². The van der Waals surface area contributed by atoms with Crippen LogP contribution in [0.5, 0.6) is 0 Å². The van der Waals surface area contributed by atoms with E-state index in [0.717, 1.165) is 24.1 Å². The molecule has 1 N–H and O–H groups in total. The molecule has 33 heavy (non-hydrogen) atoms. The molecule has 0 bridgehead atoms. The van der Waals surface area contributed by atoms with Gasteiger partial charge in [0.05, 0.1) is 28.0 Å². The first-order valence-electron chi connectivity index (χ1n) is 10.6. The standard InChI is InChI=1S/C24H23F3N4O2/c1-3-11-30-12-13-31(23(30)33)21-15(2)14-28-20-17(21)8-6-10-19(20)29-22(32)16-7-4-5-9-18(16)24(25,26)27/h4-10,14H,3,11-13H2,1-2H3,(H,29,32). The first-order chi connectivity index (χ1) is 15.7. The van der Waals surface area contributed by atoms with Crippen molar-refractivity contribution >= 4 is 34.2 Å². The number of halogens is 3. The van der Waals surface area contributed by atoms with Crippen molar-refractivity contribution in [2.24, 2.45) is 0 Å². The highest BCUT2D eigenvalue weighted by molar-refractivity contribution is 6.12. The van der Waals surface area contributed by atoms with Gasteiger partial charge in [-0.25, -0.2) is 4.79 Å². The molecule has 3 aromatic rings. The number of aromatic nitrogens is 1. The Morgan fingerprint density at radius 1 is 1.12 bits per heavy atom. The first-order valence-corrected chi connectivity index (χ1v) is 10.6. The third kappa shape index (κ3) is 4.22. The van der Waals surface area contributed by atoms with Crippen LogP contribution >= 0.6 is 0 Å². The van der Waals surface area contributed by atoms with Crippen molar-refractivity contribution < 1.29 is 22.8 Å². The maximum atomic E-state index is 13.4. The molecule has 0 atom stereocenters. The summed E-state index contributed by atoms with van der Waals surface area (Å²) >= 11 is 0. The number of nitrogens with zero attached hydrogens (tertiary/aromatic N) is 3. The molecule has 2 aromatic carbocycles. The summed E-state index contributed by atoms with van der Waals surface area (Å²) in [5.41, 5.74) is 0.672. The second-order valence-electron chi connectivity index (χ2n) is 7.91. The van der Waals surface area contributed by atoms with Gasteiger partial charge in [-0.15, -0.1) is 0 Å². The number of rotatable bonds is 5. The van der Waals surface area contributed by atoms with Gasteiger partial charge >= 0.3 is 12.2 Å². The topological polar surface area (TPSA) is 65.5 Å². The quantitative estimate of drug-likeness (QED) is 0.554. The van der Waals surface area contributed by atoms with E-state index < -0.39 is 23.2 Å². The summed E-state index contributed by atoms with van der Waals surface area (Å²) in [5.74, 6) is -0.884. The average Bonchev–Trinajstić information content (AvgIpc) is 3.13. The Balaban J connectivity index is 1.73. The number of urea groups is 1. The number of aryl methyl sites for hydroxylation is 1. The minimum atomic E-state index is -4.66. The monoisotopic (exact) mass is 456 g/mol. The smallest absolute Gasteiger partial charge is 0.323 e. The van der Waals surface area contributed by atoms with Crippen molar-refractivity contribution in [2.75, 3.05) is 29.9 Å². The molecule has 6 nitrogen and oxygen atoms in total. The molecule has 172 valence electrons. The molecule has 3 amide bonds. The number of fused-ring (bicyclic) bond motifs is 1.